The quantitative estimate of drug-likeness (QED) is 0.421. The second kappa shape index (κ2) is 12.0. The number of piperazine rings is 1. The zero-order valence-corrected chi connectivity index (χ0v) is 22.9. The number of carbonyl (C=O) groups excluding carboxylic acids is 1. The monoisotopic (exact) mass is 532 g/mol. The average molecular weight is 533 g/mol. The summed E-state index contributed by atoms with van der Waals surface area (Å²) in [5, 5.41) is 0. The van der Waals surface area contributed by atoms with Crippen LogP contribution < -0.4 is 4.74 Å². The summed E-state index contributed by atoms with van der Waals surface area (Å²) >= 11 is 0. The number of nitrogens with zero attached hydrogens (tertiary/aromatic N) is 4. The lowest BCUT2D eigenvalue weighted by atomic mass is 9.86. The Morgan fingerprint density at radius 2 is 1.89 bits per heavy atom. The number of hydrogen-bond acceptors (Lipinski definition) is 5. The van der Waals surface area contributed by atoms with Crippen LogP contribution in [0.4, 0.5) is 13.2 Å². The summed E-state index contributed by atoms with van der Waals surface area (Å²) in [5.74, 6) is 0.335. The van der Waals surface area contributed by atoms with Gasteiger partial charge in [-0.25, -0.2) is 0 Å². The Labute approximate surface area is 223 Å². The maximum Gasteiger partial charge on any atom is 0.417 e. The third-order valence-corrected chi connectivity index (χ3v) is 7.98. The number of rotatable bonds is 8. The van der Waals surface area contributed by atoms with E-state index in [2.05, 4.69) is 54.9 Å². The second-order valence-electron chi connectivity index (χ2n) is 10.8. The van der Waals surface area contributed by atoms with Crippen LogP contribution in [0.15, 0.2) is 30.6 Å². The van der Waals surface area contributed by atoms with E-state index < -0.39 is 17.6 Å². The molecule has 3 heterocycles. The molecule has 208 valence electrons. The number of piperidine rings is 1. The fraction of sp³-hybridized carbons (Fsp3) is 0.586. The number of benzene rings is 1. The van der Waals surface area contributed by atoms with Gasteiger partial charge in [0, 0.05) is 44.1 Å². The predicted octanol–water partition coefficient (Wildman–Crippen LogP) is 5.49. The van der Waals surface area contributed by atoms with Crippen molar-refractivity contribution in [2.45, 2.75) is 64.2 Å². The zero-order chi connectivity index (χ0) is 27.4. The molecule has 2 saturated heterocycles. The van der Waals surface area contributed by atoms with Crippen molar-refractivity contribution in [2.75, 3.05) is 46.9 Å². The fourth-order valence-corrected chi connectivity index (χ4v) is 5.80. The number of alkyl halides is 3. The van der Waals surface area contributed by atoms with E-state index in [1.54, 1.807) is 4.90 Å². The largest absolute Gasteiger partial charge is 0.493 e. The number of carbonyl (C=O) groups is 1. The summed E-state index contributed by atoms with van der Waals surface area (Å²) < 4.78 is 46.6. The van der Waals surface area contributed by atoms with Gasteiger partial charge in [0.1, 0.15) is 5.75 Å². The molecular formula is C29H39F3N4O2. The number of amides is 1. The lowest BCUT2D eigenvalue weighted by molar-refractivity contribution is -0.138. The smallest absolute Gasteiger partial charge is 0.417 e. The van der Waals surface area contributed by atoms with Crippen molar-refractivity contribution >= 4 is 5.91 Å². The van der Waals surface area contributed by atoms with E-state index >= 15 is 0 Å². The van der Waals surface area contributed by atoms with Crippen molar-refractivity contribution in [2.24, 2.45) is 0 Å². The highest BCUT2D eigenvalue weighted by molar-refractivity contribution is 5.95. The molecule has 1 aromatic heterocycles. The molecule has 0 aliphatic carbocycles. The van der Waals surface area contributed by atoms with Crippen LogP contribution in [-0.4, -0.2) is 78.5 Å². The third kappa shape index (κ3) is 6.31. The first-order valence-electron chi connectivity index (χ1n) is 13.5. The molecule has 2 aliphatic heterocycles. The van der Waals surface area contributed by atoms with E-state index in [9.17, 15) is 18.0 Å². The number of aromatic nitrogens is 1. The zero-order valence-electron chi connectivity index (χ0n) is 22.9. The van der Waals surface area contributed by atoms with Crippen LogP contribution in [0.25, 0.3) is 0 Å². The molecule has 9 heteroatoms. The Balaban J connectivity index is 1.44. The number of hydrogen-bond donors (Lipinski definition) is 0. The Hall–Kier alpha value is -2.65. The Bertz CT molecular complexity index is 1120. The lowest BCUT2D eigenvalue weighted by Crippen LogP contribution is -2.57. The second-order valence-corrected chi connectivity index (χ2v) is 10.8. The number of unbranched alkanes of at least 4 members (excludes halogenated alkanes) is 1. The van der Waals surface area contributed by atoms with Crippen LogP contribution >= 0.6 is 0 Å². The summed E-state index contributed by atoms with van der Waals surface area (Å²) in [6, 6.07) is 5.47. The third-order valence-electron chi connectivity index (χ3n) is 7.98. The molecule has 2 fully saturated rings. The van der Waals surface area contributed by atoms with E-state index in [-0.39, 0.29) is 17.6 Å². The summed E-state index contributed by atoms with van der Waals surface area (Å²) in [6.45, 7) is 7.45. The molecule has 1 amide bonds. The predicted molar refractivity (Wildman–Crippen MR) is 141 cm³/mol. The Morgan fingerprint density at radius 1 is 1.11 bits per heavy atom. The fourth-order valence-electron chi connectivity index (χ4n) is 5.80. The maximum atomic E-state index is 13.5. The molecule has 0 bridgehead atoms. The van der Waals surface area contributed by atoms with Gasteiger partial charge < -0.3 is 14.5 Å². The first-order valence-corrected chi connectivity index (χ1v) is 13.5. The van der Waals surface area contributed by atoms with Crippen LogP contribution in [0.3, 0.4) is 0 Å². The van der Waals surface area contributed by atoms with E-state index in [0.717, 1.165) is 68.4 Å². The van der Waals surface area contributed by atoms with Gasteiger partial charge >= 0.3 is 6.18 Å². The van der Waals surface area contributed by atoms with Gasteiger partial charge in [0.05, 0.1) is 17.7 Å². The highest BCUT2D eigenvalue weighted by atomic mass is 19.4. The van der Waals surface area contributed by atoms with E-state index in [4.69, 9.17) is 4.74 Å². The van der Waals surface area contributed by atoms with E-state index in [1.165, 1.54) is 11.1 Å². The molecule has 1 unspecified atom stereocenters. The number of halogens is 3. The highest BCUT2D eigenvalue weighted by Crippen LogP contribution is 2.40. The van der Waals surface area contributed by atoms with Crippen molar-refractivity contribution in [3.05, 3.63) is 58.4 Å². The normalized spacial score (nSPS) is 20.5. The van der Waals surface area contributed by atoms with Gasteiger partial charge in [-0.1, -0.05) is 6.07 Å². The SMILES string of the molecule is Cc1c(OCCCCN(C)C)ccc([C@H]2CCCC3CN(C(=O)c4cnccc4C(F)(F)F)CCN32)c1C. The molecule has 6 nitrogen and oxygen atoms in total. The lowest BCUT2D eigenvalue weighted by Gasteiger charge is -2.49. The van der Waals surface area contributed by atoms with Crippen LogP contribution in [0.2, 0.25) is 0 Å². The molecule has 4 rings (SSSR count). The highest BCUT2D eigenvalue weighted by Gasteiger charge is 2.40. The van der Waals surface area contributed by atoms with Gasteiger partial charge in [0.15, 0.2) is 0 Å². The molecule has 2 aliphatic rings. The summed E-state index contributed by atoms with van der Waals surface area (Å²) in [7, 11) is 4.15. The molecule has 0 radical (unpaired) electrons. The maximum absolute atomic E-state index is 13.5. The first-order chi connectivity index (χ1) is 18.1. The van der Waals surface area contributed by atoms with Crippen LogP contribution in [0.1, 0.15) is 70.8 Å². The minimum Gasteiger partial charge on any atom is -0.493 e. The first kappa shape index (κ1) is 28.4. The molecule has 0 saturated carbocycles. The van der Waals surface area contributed by atoms with Gasteiger partial charge in [0.2, 0.25) is 0 Å². The van der Waals surface area contributed by atoms with E-state index in [0.29, 0.717) is 26.2 Å². The minimum absolute atomic E-state index is 0.116. The van der Waals surface area contributed by atoms with Gasteiger partial charge in [0.25, 0.3) is 5.91 Å². The standard InChI is InChI=1S/C29H39F3N4O2/c1-20-21(2)27(38-17-6-5-14-34(3)4)11-10-23(20)26-9-7-8-22-19-35(15-16-36(22)26)28(37)24-18-33-13-12-25(24)29(30,31)32/h10-13,18,22,26H,5-9,14-17,19H2,1-4H3/t22?,26-/m1/s1. The summed E-state index contributed by atoms with van der Waals surface area (Å²) in [5.41, 5.74) is 2.36. The van der Waals surface area contributed by atoms with Crippen molar-refractivity contribution in [1.82, 2.24) is 19.7 Å². The number of pyridine rings is 1. The van der Waals surface area contributed by atoms with Gasteiger partial charge in [-0.15, -0.1) is 0 Å². The molecule has 38 heavy (non-hydrogen) atoms. The van der Waals surface area contributed by atoms with Crippen molar-refractivity contribution < 1.29 is 22.7 Å². The molecule has 0 N–H and O–H groups in total. The Kier molecular flexibility index (Phi) is 8.98. The van der Waals surface area contributed by atoms with Crippen molar-refractivity contribution in [3.8, 4) is 5.75 Å². The average Bonchev–Trinajstić information content (AvgIpc) is 2.89. The molecule has 2 aromatic rings. The van der Waals surface area contributed by atoms with Crippen molar-refractivity contribution in [1.29, 1.82) is 0 Å². The minimum atomic E-state index is -4.59. The number of fused-ring (bicyclic) bond motifs is 1. The van der Waals surface area contributed by atoms with Crippen molar-refractivity contribution in [3.63, 3.8) is 0 Å². The molecule has 1 aromatic carbocycles. The summed E-state index contributed by atoms with van der Waals surface area (Å²) in [6.07, 6.45) is 2.59. The Morgan fingerprint density at radius 3 is 2.63 bits per heavy atom. The van der Waals surface area contributed by atoms with Gasteiger partial charge in [-0.05, 0) is 95.4 Å². The molecular weight excluding hydrogens is 493 g/mol. The molecule has 0 spiro atoms. The van der Waals surface area contributed by atoms with Gasteiger partial charge in [-0.2, -0.15) is 13.2 Å². The van der Waals surface area contributed by atoms with Gasteiger partial charge in [-0.3, -0.25) is 14.7 Å². The molecule has 2 atom stereocenters. The van der Waals surface area contributed by atoms with E-state index in [1.807, 2.05) is 0 Å². The number of ether oxygens (including phenoxy) is 1. The summed E-state index contributed by atoms with van der Waals surface area (Å²) in [4.78, 5) is 23.1. The van der Waals surface area contributed by atoms with Crippen LogP contribution in [0, 0.1) is 13.8 Å². The van der Waals surface area contributed by atoms with Crippen LogP contribution in [-0.2, 0) is 6.18 Å². The van der Waals surface area contributed by atoms with Crippen LogP contribution in [0.5, 0.6) is 5.75 Å². The topological polar surface area (TPSA) is 48.9 Å².